The Labute approximate surface area is 178 Å². The molecule has 4 N–H and O–H groups in total. The number of rotatable bonds is 9. The van der Waals surface area contributed by atoms with Crippen LogP contribution in [0.1, 0.15) is 19.8 Å². The second-order valence-electron chi connectivity index (χ2n) is 6.31. The van der Waals surface area contributed by atoms with Crippen LogP contribution in [0.5, 0.6) is 0 Å². The van der Waals surface area contributed by atoms with Crippen molar-refractivity contribution >= 4 is 50.8 Å². The van der Waals surface area contributed by atoms with Gasteiger partial charge in [0.25, 0.3) is 0 Å². The van der Waals surface area contributed by atoms with Crippen LogP contribution in [0.15, 0.2) is 53.4 Å². The van der Waals surface area contributed by atoms with Gasteiger partial charge in [0, 0.05) is 29.7 Å². The fourth-order valence-corrected chi connectivity index (χ4v) is 3.79. The number of benzene rings is 2. The maximum Gasteiger partial charge on any atom is 0.321 e. The van der Waals surface area contributed by atoms with Crippen molar-refractivity contribution < 1.29 is 27.9 Å². The highest BCUT2D eigenvalue weighted by Crippen LogP contribution is 2.16. The molecule has 0 radical (unpaired) electrons. The van der Waals surface area contributed by atoms with Crippen molar-refractivity contribution in [2.75, 3.05) is 10.6 Å². The van der Waals surface area contributed by atoms with Gasteiger partial charge in [0.2, 0.25) is 21.8 Å². The van der Waals surface area contributed by atoms with Crippen molar-refractivity contribution in [3.05, 3.63) is 53.6 Å². The van der Waals surface area contributed by atoms with Crippen molar-refractivity contribution in [3.63, 3.8) is 0 Å². The van der Waals surface area contributed by atoms with Gasteiger partial charge in [-0.1, -0.05) is 11.6 Å². The number of carboxylic acid groups (broad SMARTS) is 1. The lowest BCUT2D eigenvalue weighted by atomic mass is 10.1. The van der Waals surface area contributed by atoms with Crippen LogP contribution in [0.4, 0.5) is 11.4 Å². The summed E-state index contributed by atoms with van der Waals surface area (Å²) in [4.78, 5) is 34.4. The van der Waals surface area contributed by atoms with Gasteiger partial charge in [0.15, 0.2) is 0 Å². The molecular weight excluding hydrogens is 434 g/mol. The van der Waals surface area contributed by atoms with Gasteiger partial charge < -0.3 is 15.7 Å². The highest BCUT2D eigenvalue weighted by molar-refractivity contribution is 7.89. The van der Waals surface area contributed by atoms with Crippen LogP contribution < -0.4 is 15.4 Å². The zero-order valence-corrected chi connectivity index (χ0v) is 17.5. The van der Waals surface area contributed by atoms with Crippen molar-refractivity contribution in [1.29, 1.82) is 0 Å². The van der Waals surface area contributed by atoms with E-state index < -0.39 is 27.9 Å². The van der Waals surface area contributed by atoms with E-state index >= 15 is 0 Å². The first-order chi connectivity index (χ1) is 14.1. The molecule has 30 heavy (non-hydrogen) atoms. The van der Waals surface area contributed by atoms with Gasteiger partial charge in [0.05, 0.1) is 4.90 Å². The average Bonchev–Trinajstić information content (AvgIpc) is 2.66. The molecule has 160 valence electrons. The van der Waals surface area contributed by atoms with Crippen LogP contribution in [0.3, 0.4) is 0 Å². The summed E-state index contributed by atoms with van der Waals surface area (Å²) in [6, 6.07) is 10.1. The molecule has 1 atom stereocenters. The molecule has 0 bridgehead atoms. The Morgan fingerprint density at radius 1 is 0.967 bits per heavy atom. The number of nitrogens with one attached hydrogen (secondary N) is 3. The third-order valence-corrected chi connectivity index (χ3v) is 5.61. The summed E-state index contributed by atoms with van der Waals surface area (Å²) in [7, 11) is -4.15. The van der Waals surface area contributed by atoms with Crippen molar-refractivity contribution in [1.82, 2.24) is 4.72 Å². The SMILES string of the molecule is CC(=O)Nc1ccc(S(=O)(=O)NC(CCC(=O)Nc2ccc(Cl)cc2)C(=O)O)cc1. The molecule has 2 amide bonds. The zero-order valence-electron chi connectivity index (χ0n) is 15.9. The first-order valence-electron chi connectivity index (χ1n) is 8.75. The van der Waals surface area contributed by atoms with E-state index in [1.54, 1.807) is 24.3 Å². The molecule has 0 aliphatic heterocycles. The minimum Gasteiger partial charge on any atom is -0.480 e. The van der Waals surface area contributed by atoms with Gasteiger partial charge in [-0.05, 0) is 55.0 Å². The summed E-state index contributed by atoms with van der Waals surface area (Å²) >= 11 is 5.77. The first-order valence-corrected chi connectivity index (χ1v) is 10.6. The van der Waals surface area contributed by atoms with Gasteiger partial charge in [-0.2, -0.15) is 4.72 Å². The van der Waals surface area contributed by atoms with Gasteiger partial charge in [-0.15, -0.1) is 0 Å². The summed E-state index contributed by atoms with van der Waals surface area (Å²) in [5.74, 6) is -2.19. The number of sulfonamides is 1. The van der Waals surface area contributed by atoms with Crippen LogP contribution in [-0.2, 0) is 24.4 Å². The smallest absolute Gasteiger partial charge is 0.321 e. The molecule has 11 heteroatoms. The van der Waals surface area contributed by atoms with E-state index in [1.807, 2.05) is 0 Å². The zero-order chi connectivity index (χ0) is 22.3. The van der Waals surface area contributed by atoms with E-state index in [1.165, 1.54) is 31.2 Å². The Morgan fingerprint density at radius 3 is 2.03 bits per heavy atom. The highest BCUT2D eigenvalue weighted by Gasteiger charge is 2.26. The van der Waals surface area contributed by atoms with Crippen molar-refractivity contribution in [3.8, 4) is 0 Å². The number of hydrogen-bond acceptors (Lipinski definition) is 5. The number of hydrogen-bond donors (Lipinski definition) is 4. The van der Waals surface area contributed by atoms with Crippen LogP contribution in [0, 0.1) is 0 Å². The maximum atomic E-state index is 12.5. The molecule has 0 heterocycles. The molecule has 0 fully saturated rings. The number of aliphatic carboxylic acids is 1. The lowest BCUT2D eigenvalue weighted by molar-refractivity contribution is -0.139. The second kappa shape index (κ2) is 10.2. The topological polar surface area (TPSA) is 142 Å². The first kappa shape index (κ1) is 23.3. The summed E-state index contributed by atoms with van der Waals surface area (Å²) < 4.78 is 27.0. The van der Waals surface area contributed by atoms with Crippen LogP contribution >= 0.6 is 11.6 Å². The van der Waals surface area contributed by atoms with Gasteiger partial charge in [-0.25, -0.2) is 8.42 Å². The quantitative estimate of drug-likeness (QED) is 0.459. The number of carbonyl (C=O) groups excluding carboxylic acids is 2. The number of carboxylic acids is 1. The van der Waals surface area contributed by atoms with Crippen LogP contribution in [0.2, 0.25) is 5.02 Å². The van der Waals surface area contributed by atoms with E-state index in [4.69, 9.17) is 11.6 Å². The Balaban J connectivity index is 1.99. The van der Waals surface area contributed by atoms with E-state index in [0.717, 1.165) is 0 Å². The molecule has 0 saturated heterocycles. The molecule has 2 aromatic carbocycles. The van der Waals surface area contributed by atoms with Gasteiger partial charge in [0.1, 0.15) is 6.04 Å². The van der Waals surface area contributed by atoms with Gasteiger partial charge in [-0.3, -0.25) is 14.4 Å². The Kier molecular flexibility index (Phi) is 7.93. The summed E-state index contributed by atoms with van der Waals surface area (Å²) in [6.07, 6.45) is -0.471. The van der Waals surface area contributed by atoms with Gasteiger partial charge >= 0.3 is 5.97 Å². The molecule has 0 aliphatic carbocycles. The molecule has 2 rings (SSSR count). The highest BCUT2D eigenvalue weighted by atomic mass is 35.5. The fraction of sp³-hybridized carbons (Fsp3) is 0.211. The number of amides is 2. The van der Waals surface area contributed by atoms with E-state index in [-0.39, 0.29) is 23.6 Å². The lowest BCUT2D eigenvalue weighted by Gasteiger charge is -2.15. The molecule has 2 aromatic rings. The lowest BCUT2D eigenvalue weighted by Crippen LogP contribution is -2.41. The van der Waals surface area contributed by atoms with E-state index in [9.17, 15) is 27.9 Å². The number of carbonyl (C=O) groups is 3. The van der Waals surface area contributed by atoms with Crippen LogP contribution in [-0.4, -0.2) is 37.3 Å². The van der Waals surface area contributed by atoms with E-state index in [2.05, 4.69) is 15.4 Å². The average molecular weight is 454 g/mol. The fourth-order valence-electron chi connectivity index (χ4n) is 2.44. The summed E-state index contributed by atoms with van der Waals surface area (Å²) in [6.45, 7) is 1.31. The minimum absolute atomic E-state index is 0.173. The molecule has 9 nitrogen and oxygen atoms in total. The Bertz CT molecular complexity index is 1020. The second-order valence-corrected chi connectivity index (χ2v) is 8.46. The predicted octanol–water partition coefficient (Wildman–Crippen LogP) is 2.45. The molecular formula is C19H20ClN3O6S. The summed E-state index contributed by atoms with van der Waals surface area (Å²) in [5, 5.41) is 14.9. The Morgan fingerprint density at radius 2 is 1.50 bits per heavy atom. The monoisotopic (exact) mass is 453 g/mol. The molecule has 0 saturated carbocycles. The van der Waals surface area contributed by atoms with Crippen LogP contribution in [0.25, 0.3) is 0 Å². The Hall–Kier alpha value is -2.95. The predicted molar refractivity (Wildman–Crippen MR) is 112 cm³/mol. The molecule has 1 unspecified atom stereocenters. The third kappa shape index (κ3) is 7.14. The molecule has 0 spiro atoms. The standard InChI is InChI=1S/C19H20ClN3O6S/c1-12(24)21-14-6-8-16(9-7-14)30(28,29)23-17(19(26)27)10-11-18(25)22-15-4-2-13(20)3-5-15/h2-9,17,23H,10-11H2,1H3,(H,21,24)(H,22,25)(H,26,27). The largest absolute Gasteiger partial charge is 0.480 e. The third-order valence-electron chi connectivity index (χ3n) is 3.87. The van der Waals surface area contributed by atoms with Crippen molar-refractivity contribution in [2.24, 2.45) is 0 Å². The molecule has 0 aliphatic rings. The minimum atomic E-state index is -4.15. The van der Waals surface area contributed by atoms with Crippen molar-refractivity contribution in [2.45, 2.75) is 30.7 Å². The number of halogens is 1. The number of anilines is 2. The molecule has 0 aromatic heterocycles. The van der Waals surface area contributed by atoms with E-state index in [0.29, 0.717) is 16.4 Å². The normalized spacial score (nSPS) is 12.1. The summed E-state index contributed by atoms with van der Waals surface area (Å²) in [5.41, 5.74) is 0.881. The maximum absolute atomic E-state index is 12.5.